The Morgan fingerprint density at radius 1 is 1.00 bits per heavy atom. The van der Waals surface area contributed by atoms with Gasteiger partial charge in [-0.3, -0.25) is 4.90 Å². The molecule has 0 aromatic heterocycles. The molecule has 0 saturated carbocycles. The maximum absolute atomic E-state index is 5.77. The average molecular weight is 257 g/mol. The van der Waals surface area contributed by atoms with Gasteiger partial charge in [-0.15, -0.1) is 11.6 Å². The minimum atomic E-state index is 0.771. The zero-order chi connectivity index (χ0) is 11.9. The molecule has 0 aromatic rings. The molecule has 0 bridgehead atoms. The van der Waals surface area contributed by atoms with Gasteiger partial charge < -0.3 is 4.90 Å². The lowest BCUT2D eigenvalue weighted by Crippen LogP contribution is -2.47. The van der Waals surface area contributed by atoms with Crippen molar-refractivity contribution in [2.45, 2.75) is 32.1 Å². The van der Waals surface area contributed by atoms with E-state index in [0.29, 0.717) is 0 Å². The molecule has 0 aromatic carbocycles. The van der Waals surface area contributed by atoms with Gasteiger partial charge in [0, 0.05) is 45.1 Å². The molecule has 0 N–H and O–H groups in total. The molecule has 1 saturated heterocycles. The maximum atomic E-state index is 5.77. The van der Waals surface area contributed by atoms with Crippen molar-refractivity contribution in [1.82, 2.24) is 9.80 Å². The minimum absolute atomic E-state index is 0.771. The molecule has 1 aliphatic heterocycles. The van der Waals surface area contributed by atoms with Gasteiger partial charge in [-0.2, -0.15) is 0 Å². The molecule has 98 valence electrons. The van der Waals surface area contributed by atoms with Crippen LogP contribution in [0.2, 0.25) is 0 Å². The van der Waals surface area contributed by atoms with Crippen LogP contribution in [0.3, 0.4) is 0 Å². The highest BCUT2D eigenvalue weighted by atomic mass is 35.5. The summed E-state index contributed by atoms with van der Waals surface area (Å²) in [6.07, 6.45) is 9.27. The van der Waals surface area contributed by atoms with E-state index in [2.05, 4.69) is 15.9 Å². The second-order valence-corrected chi connectivity index (χ2v) is 5.61. The average Bonchev–Trinajstić information content (AvgIpc) is 2.40. The van der Waals surface area contributed by atoms with Crippen LogP contribution in [0.5, 0.6) is 0 Å². The Kier molecular flexibility index (Phi) is 5.82. The number of rotatable bonds is 5. The molecule has 1 aliphatic carbocycles. The monoisotopic (exact) mass is 256 g/mol. The molecule has 17 heavy (non-hydrogen) atoms. The second-order valence-electron chi connectivity index (χ2n) is 5.23. The second kappa shape index (κ2) is 7.40. The van der Waals surface area contributed by atoms with E-state index >= 15 is 0 Å². The maximum Gasteiger partial charge on any atom is 0.0351 e. The first-order chi connectivity index (χ1) is 8.38. The molecular formula is C14H25ClN2. The number of hydrogen-bond acceptors (Lipinski definition) is 2. The fourth-order valence-electron chi connectivity index (χ4n) is 2.79. The van der Waals surface area contributed by atoms with E-state index in [1.807, 2.05) is 0 Å². The van der Waals surface area contributed by atoms with E-state index in [1.165, 1.54) is 64.8 Å². The van der Waals surface area contributed by atoms with E-state index in [9.17, 15) is 0 Å². The van der Waals surface area contributed by atoms with Crippen molar-refractivity contribution >= 4 is 11.6 Å². The summed E-state index contributed by atoms with van der Waals surface area (Å²) >= 11 is 5.77. The van der Waals surface area contributed by atoms with Gasteiger partial charge in [0.25, 0.3) is 0 Å². The predicted octanol–water partition coefficient (Wildman–Crippen LogP) is 2.73. The van der Waals surface area contributed by atoms with Crippen LogP contribution >= 0.6 is 11.6 Å². The molecule has 0 radical (unpaired) electrons. The van der Waals surface area contributed by atoms with Gasteiger partial charge >= 0.3 is 0 Å². The summed E-state index contributed by atoms with van der Waals surface area (Å²) < 4.78 is 0. The summed E-state index contributed by atoms with van der Waals surface area (Å²) in [4.78, 5) is 5.09. The molecule has 2 aliphatic rings. The normalized spacial score (nSPS) is 23.7. The SMILES string of the molecule is ClCCN1CCN(CCC2=CCCCC2)CC1. The quantitative estimate of drug-likeness (QED) is 0.551. The van der Waals surface area contributed by atoms with Crippen molar-refractivity contribution in [3.05, 3.63) is 11.6 Å². The van der Waals surface area contributed by atoms with Crippen LogP contribution in [-0.2, 0) is 0 Å². The third kappa shape index (κ3) is 4.61. The minimum Gasteiger partial charge on any atom is -0.300 e. The fraction of sp³-hybridized carbons (Fsp3) is 0.857. The molecule has 3 heteroatoms. The standard InChI is InChI=1S/C14H25ClN2/c15-7-9-17-12-10-16(11-13-17)8-6-14-4-2-1-3-5-14/h4H,1-3,5-13H2. The number of hydrogen-bond donors (Lipinski definition) is 0. The Labute approximate surface area is 111 Å². The lowest BCUT2D eigenvalue weighted by molar-refractivity contribution is 0.139. The molecule has 1 fully saturated rings. The topological polar surface area (TPSA) is 6.48 Å². The summed E-state index contributed by atoms with van der Waals surface area (Å²) in [5, 5.41) is 0. The van der Waals surface area contributed by atoms with Crippen molar-refractivity contribution in [3.8, 4) is 0 Å². The van der Waals surface area contributed by atoms with Crippen LogP contribution in [-0.4, -0.2) is 54.9 Å². The first-order valence-corrected chi connectivity index (χ1v) is 7.60. The number of piperazine rings is 1. The molecule has 1 heterocycles. The van der Waals surface area contributed by atoms with E-state index < -0.39 is 0 Å². The van der Waals surface area contributed by atoms with Crippen molar-refractivity contribution in [3.63, 3.8) is 0 Å². The van der Waals surface area contributed by atoms with Gasteiger partial charge in [-0.25, -0.2) is 0 Å². The molecule has 0 spiro atoms. The number of halogens is 1. The Morgan fingerprint density at radius 2 is 1.71 bits per heavy atom. The highest BCUT2D eigenvalue weighted by Gasteiger charge is 2.16. The largest absolute Gasteiger partial charge is 0.300 e. The molecule has 0 amide bonds. The van der Waals surface area contributed by atoms with Crippen LogP contribution in [0, 0.1) is 0 Å². The highest BCUT2D eigenvalue weighted by Crippen LogP contribution is 2.20. The molecule has 0 unspecified atom stereocenters. The van der Waals surface area contributed by atoms with Gasteiger partial charge in [-0.05, 0) is 32.1 Å². The summed E-state index contributed by atoms with van der Waals surface area (Å²) in [5.41, 5.74) is 1.71. The van der Waals surface area contributed by atoms with Gasteiger partial charge in [0.05, 0.1) is 0 Å². The first-order valence-electron chi connectivity index (χ1n) is 7.07. The predicted molar refractivity (Wildman–Crippen MR) is 74.8 cm³/mol. The van der Waals surface area contributed by atoms with E-state index in [4.69, 9.17) is 11.6 Å². The first kappa shape index (κ1) is 13.4. The number of alkyl halides is 1. The Balaban J connectivity index is 1.62. The summed E-state index contributed by atoms with van der Waals surface area (Å²) in [5.74, 6) is 0.771. The number of allylic oxidation sites excluding steroid dienone is 1. The smallest absolute Gasteiger partial charge is 0.0351 e. The Hall–Kier alpha value is -0.0500. The van der Waals surface area contributed by atoms with Crippen LogP contribution < -0.4 is 0 Å². The van der Waals surface area contributed by atoms with Gasteiger partial charge in [0.15, 0.2) is 0 Å². The zero-order valence-corrected chi connectivity index (χ0v) is 11.6. The van der Waals surface area contributed by atoms with Crippen LogP contribution in [0.25, 0.3) is 0 Å². The van der Waals surface area contributed by atoms with Crippen LogP contribution in [0.4, 0.5) is 0 Å². The Morgan fingerprint density at radius 3 is 2.29 bits per heavy atom. The van der Waals surface area contributed by atoms with E-state index in [0.717, 1.165) is 12.4 Å². The van der Waals surface area contributed by atoms with Crippen LogP contribution in [0.15, 0.2) is 11.6 Å². The van der Waals surface area contributed by atoms with Gasteiger partial charge in [0.1, 0.15) is 0 Å². The third-order valence-electron chi connectivity index (χ3n) is 4.00. The fourth-order valence-corrected chi connectivity index (χ4v) is 3.03. The zero-order valence-electron chi connectivity index (χ0n) is 10.8. The summed E-state index contributed by atoms with van der Waals surface area (Å²) in [7, 11) is 0. The summed E-state index contributed by atoms with van der Waals surface area (Å²) in [6.45, 7) is 7.17. The van der Waals surface area contributed by atoms with Crippen molar-refractivity contribution in [2.24, 2.45) is 0 Å². The lowest BCUT2D eigenvalue weighted by atomic mass is 9.97. The van der Waals surface area contributed by atoms with Crippen LogP contribution in [0.1, 0.15) is 32.1 Å². The highest BCUT2D eigenvalue weighted by molar-refractivity contribution is 6.18. The molecule has 2 rings (SSSR count). The van der Waals surface area contributed by atoms with E-state index in [1.54, 1.807) is 5.57 Å². The lowest BCUT2D eigenvalue weighted by Gasteiger charge is -2.34. The van der Waals surface area contributed by atoms with Crippen molar-refractivity contribution in [1.29, 1.82) is 0 Å². The van der Waals surface area contributed by atoms with Gasteiger partial charge in [0.2, 0.25) is 0 Å². The Bertz CT molecular complexity index is 245. The summed E-state index contributed by atoms with van der Waals surface area (Å²) in [6, 6.07) is 0. The third-order valence-corrected chi connectivity index (χ3v) is 4.17. The molecule has 2 nitrogen and oxygen atoms in total. The van der Waals surface area contributed by atoms with E-state index in [-0.39, 0.29) is 0 Å². The van der Waals surface area contributed by atoms with Crippen molar-refractivity contribution < 1.29 is 0 Å². The molecular weight excluding hydrogens is 232 g/mol. The van der Waals surface area contributed by atoms with Gasteiger partial charge in [-0.1, -0.05) is 11.6 Å². The number of nitrogens with zero attached hydrogens (tertiary/aromatic N) is 2. The van der Waals surface area contributed by atoms with Crippen molar-refractivity contribution in [2.75, 3.05) is 45.1 Å². The molecule has 0 atom stereocenters.